The van der Waals surface area contributed by atoms with Gasteiger partial charge in [0, 0.05) is 117 Å². The summed E-state index contributed by atoms with van der Waals surface area (Å²) in [5.74, 6) is 2.63. The summed E-state index contributed by atoms with van der Waals surface area (Å²) in [6.07, 6.45) is 10.8. The van der Waals surface area contributed by atoms with Gasteiger partial charge in [-0.25, -0.2) is 33.2 Å². The molecule has 4 aliphatic heterocycles. The molecule has 5 N–H and O–H groups in total. The smallest absolute Gasteiger partial charge is 0.330 e. The van der Waals surface area contributed by atoms with Gasteiger partial charge in [-0.1, -0.05) is 15.6 Å². The Labute approximate surface area is 437 Å². The number of aliphatic hydroxyl groups excluding tert-OH is 1. The van der Waals surface area contributed by atoms with Crippen LogP contribution >= 0.6 is 0 Å². The number of nitrogens with one attached hydrogen (secondary N) is 4. The quantitative estimate of drug-likeness (QED) is 0.0741. The topological polar surface area (TPSA) is 369 Å². The Balaban J connectivity index is 0.851. The van der Waals surface area contributed by atoms with E-state index in [0.29, 0.717) is 33.8 Å². The fourth-order valence-corrected chi connectivity index (χ4v) is 10.8. The van der Waals surface area contributed by atoms with Crippen LogP contribution in [0.25, 0.3) is 0 Å². The second-order valence-electron chi connectivity index (χ2n) is 20.2. The molecule has 0 aliphatic carbocycles. The molecule has 12 atom stereocenters. The summed E-state index contributed by atoms with van der Waals surface area (Å²) in [6.45, 7) is 6.28. The summed E-state index contributed by atoms with van der Waals surface area (Å²) < 4.78 is 35.6. The maximum absolute atomic E-state index is 13.2. The summed E-state index contributed by atoms with van der Waals surface area (Å²) in [4.78, 5) is 110. The van der Waals surface area contributed by atoms with E-state index >= 15 is 0 Å². The molecule has 4 fully saturated rings. The van der Waals surface area contributed by atoms with Crippen LogP contribution in [0.3, 0.4) is 0 Å². The van der Waals surface area contributed by atoms with Gasteiger partial charge in [-0.15, -0.1) is 27.6 Å². The molecule has 30 heteroatoms. The van der Waals surface area contributed by atoms with Crippen molar-refractivity contribution in [3.05, 3.63) is 166 Å². The highest BCUT2D eigenvalue weighted by molar-refractivity contribution is 5.10. The number of aromatic amines is 4. The van der Waals surface area contributed by atoms with Crippen molar-refractivity contribution in [3.8, 4) is 12.3 Å². The molecule has 0 saturated carbocycles. The molecule has 0 amide bonds. The minimum Gasteiger partial charge on any atom is -0.390 e. The Bertz CT molecular complexity index is 3980. The second kappa shape index (κ2) is 20.5. The molecule has 4 saturated heterocycles. The van der Waals surface area contributed by atoms with Crippen molar-refractivity contribution >= 4 is 0 Å². The molecule has 11 rings (SSSR count). The number of aryl methyl sites for hydroxylation is 4. The number of aromatic nitrogens is 17. The van der Waals surface area contributed by atoms with Crippen LogP contribution < -0.4 is 45.0 Å². The lowest BCUT2D eigenvalue weighted by Crippen LogP contribution is -2.33. The lowest BCUT2D eigenvalue weighted by atomic mass is 10.0. The van der Waals surface area contributed by atoms with Crippen LogP contribution in [0.2, 0.25) is 0 Å². The molecule has 4 aliphatic rings. The number of terminal acetylenes is 1. The largest absolute Gasteiger partial charge is 0.390 e. The fraction of sp³-hybridized carbons (Fsp3) is 0.500. The first-order valence-corrected chi connectivity index (χ1v) is 25.1. The summed E-state index contributed by atoms with van der Waals surface area (Å²) in [7, 11) is 0. The van der Waals surface area contributed by atoms with Crippen molar-refractivity contribution in [1.29, 1.82) is 0 Å². The fourth-order valence-electron chi connectivity index (χ4n) is 10.8. The van der Waals surface area contributed by atoms with Gasteiger partial charge in [0.25, 0.3) is 22.2 Å². The lowest BCUT2D eigenvalue weighted by molar-refractivity contribution is -0.0202. The van der Waals surface area contributed by atoms with Crippen molar-refractivity contribution in [2.45, 2.75) is 153 Å². The minimum absolute atomic E-state index is 0.0803. The third-order valence-corrected chi connectivity index (χ3v) is 14.9. The zero-order chi connectivity index (χ0) is 54.8. The van der Waals surface area contributed by atoms with Crippen LogP contribution in [-0.2, 0) is 38.2 Å². The number of hydrogen-bond donors (Lipinski definition) is 5. The van der Waals surface area contributed by atoms with E-state index in [9.17, 15) is 43.5 Å². The van der Waals surface area contributed by atoms with Gasteiger partial charge in [-0.3, -0.25) is 57.4 Å². The second-order valence-corrected chi connectivity index (χ2v) is 20.2. The first kappa shape index (κ1) is 51.6. The van der Waals surface area contributed by atoms with Crippen molar-refractivity contribution in [2.75, 3.05) is 0 Å². The Kier molecular flexibility index (Phi) is 13.5. The third-order valence-electron chi connectivity index (χ3n) is 14.9. The molecule has 0 radical (unpaired) electrons. The summed E-state index contributed by atoms with van der Waals surface area (Å²) >= 11 is 0. The molecule has 30 nitrogen and oxygen atoms in total. The SMILES string of the molecule is C#CC[C@H]1O[C@@H](n2cc(C)c(=O)[nH]c2=O)C[C@@H]1n1cc(C[C@H]2O[C@@H](n3cc(C)c(=O)[nH]c3=O)C[C@@H]2n2cc(C[C@H]3O[C@@H](n4cc(C)c(=O)[nH]c4=O)C[C@@H]3n3cc(C[C@H]4O[C@@H](n5cc(C)c(=O)[nH]c5=O)C[C@@H]4O)nn3)nn2)nn1. The summed E-state index contributed by atoms with van der Waals surface area (Å²) in [5, 5.41) is 37.9. The normalized spacial score (nSPS) is 27.0. The van der Waals surface area contributed by atoms with E-state index in [2.05, 4.69) is 56.8 Å². The average molecular weight is 1080 g/mol. The van der Waals surface area contributed by atoms with Crippen LogP contribution in [-0.4, -0.2) is 119 Å². The van der Waals surface area contributed by atoms with E-state index in [4.69, 9.17) is 25.4 Å². The van der Waals surface area contributed by atoms with Crippen LogP contribution in [0.15, 0.2) is 81.7 Å². The average Bonchev–Trinajstić information content (AvgIpc) is 4.36. The molecule has 7 aromatic rings. The van der Waals surface area contributed by atoms with Gasteiger partial charge in [-0.05, 0) is 27.7 Å². The molecule has 0 spiro atoms. The molecule has 78 heavy (non-hydrogen) atoms. The van der Waals surface area contributed by atoms with Crippen molar-refractivity contribution < 1.29 is 24.1 Å². The number of rotatable bonds is 14. The first-order chi connectivity index (χ1) is 37.4. The van der Waals surface area contributed by atoms with Crippen molar-refractivity contribution in [1.82, 2.24) is 83.2 Å². The molecular weight excluding hydrogens is 1020 g/mol. The highest BCUT2D eigenvalue weighted by Crippen LogP contribution is 2.41. The molecular formula is C48H53N17O13. The van der Waals surface area contributed by atoms with Crippen LogP contribution in [0.1, 0.15) is 114 Å². The monoisotopic (exact) mass is 1080 g/mol. The maximum Gasteiger partial charge on any atom is 0.330 e. The standard InChI is InChI=1S/C48H53N17O13/c1-6-7-33-29(11-37(75-33)59-15-22(2)41(67)49-45(59)71)63-19-26(53-56-63)8-34-30(12-38(76-34)60-16-23(3)42(68)50-46(60)72)64-20-27(54-57-64)9-35-31(13-39(77-35)61-17-24(4)43(69)51-47(61)73)65-21-28(55-58-65)10-36-32(66)14-40(78-36)62-18-25(5)44(70)52-48(62)74/h1,15-21,29-40,66H,7-14H2,2-5H3,(H,49,67,71)(H,50,68,72)(H,51,69,73)(H,52,70,74)/t29-,30-,31-,32-,33+,34+,35+,36+,37+,38+,39+,40+/m0/s1. The number of aliphatic hydroxyl groups is 1. The molecule has 0 bridgehead atoms. The van der Waals surface area contributed by atoms with E-state index < -0.39 is 119 Å². The van der Waals surface area contributed by atoms with Crippen molar-refractivity contribution in [3.63, 3.8) is 0 Å². The lowest BCUT2D eigenvalue weighted by Gasteiger charge is -2.18. The highest BCUT2D eigenvalue weighted by atomic mass is 16.5. The van der Waals surface area contributed by atoms with Gasteiger partial charge in [-0.2, -0.15) is 0 Å². The van der Waals surface area contributed by atoms with E-state index in [1.54, 1.807) is 60.3 Å². The Morgan fingerprint density at radius 1 is 0.474 bits per heavy atom. The Hall–Kier alpha value is -8.50. The van der Waals surface area contributed by atoms with Crippen molar-refractivity contribution in [2.24, 2.45) is 0 Å². The van der Waals surface area contributed by atoms with Gasteiger partial charge >= 0.3 is 22.8 Å². The molecule has 7 aromatic heterocycles. The van der Waals surface area contributed by atoms with Crippen LogP contribution in [0.4, 0.5) is 0 Å². The predicted molar refractivity (Wildman–Crippen MR) is 266 cm³/mol. The Morgan fingerprint density at radius 3 is 1.12 bits per heavy atom. The number of H-pyrrole nitrogens is 4. The van der Waals surface area contributed by atoms with E-state index in [1.807, 2.05) is 0 Å². The van der Waals surface area contributed by atoms with Gasteiger partial charge < -0.3 is 24.1 Å². The minimum atomic E-state index is -0.984. The summed E-state index contributed by atoms with van der Waals surface area (Å²) in [5.41, 5.74) is -2.13. The first-order valence-electron chi connectivity index (χ1n) is 25.1. The molecule has 0 aromatic carbocycles. The van der Waals surface area contributed by atoms with E-state index in [-0.39, 0.29) is 56.9 Å². The van der Waals surface area contributed by atoms with Gasteiger partial charge in [0.2, 0.25) is 0 Å². The zero-order valence-electron chi connectivity index (χ0n) is 42.4. The van der Waals surface area contributed by atoms with Gasteiger partial charge in [0.1, 0.15) is 24.9 Å². The predicted octanol–water partition coefficient (Wildman–Crippen LogP) is -1.92. The number of nitrogens with zero attached hydrogens (tertiary/aromatic N) is 13. The third kappa shape index (κ3) is 9.92. The van der Waals surface area contributed by atoms with Gasteiger partial charge in [0.15, 0.2) is 0 Å². The molecule has 408 valence electrons. The molecule has 0 unspecified atom stereocenters. The van der Waals surface area contributed by atoms with E-state index in [1.165, 1.54) is 43.1 Å². The highest BCUT2D eigenvalue weighted by Gasteiger charge is 2.44. The Morgan fingerprint density at radius 2 is 0.769 bits per heavy atom. The van der Waals surface area contributed by atoms with Gasteiger partial charge in [0.05, 0.1) is 65.7 Å². The number of hydrogen-bond acceptors (Lipinski definition) is 19. The molecule has 11 heterocycles. The van der Waals surface area contributed by atoms with Crippen LogP contribution in [0.5, 0.6) is 0 Å². The maximum atomic E-state index is 13.2. The van der Waals surface area contributed by atoms with E-state index in [0.717, 1.165) is 0 Å². The van der Waals surface area contributed by atoms with Crippen LogP contribution in [0, 0.1) is 40.0 Å². The summed E-state index contributed by atoms with van der Waals surface area (Å²) in [6, 6.07) is -1.60. The number of ether oxygens (including phenoxy) is 4. The zero-order valence-corrected chi connectivity index (χ0v) is 42.4.